The molecular formula is C20H21FN4OS. The Bertz CT molecular complexity index is 939. The molecular weight excluding hydrogens is 363 g/mol. The number of aryl methyl sites for hydroxylation is 1. The number of hydrogen-bond donors (Lipinski definition) is 1. The molecule has 1 aromatic heterocycles. The topological polar surface area (TPSA) is 58.1 Å². The Morgan fingerprint density at radius 1 is 1.15 bits per heavy atom. The average Bonchev–Trinajstić information content (AvgIpc) is 3.09. The van der Waals surface area contributed by atoms with Gasteiger partial charge in [-0.15, -0.1) is 10.2 Å². The molecule has 0 saturated carbocycles. The SMILES string of the molecule is Cc1cccc(NC(=O)CN(C)c2nnc(Cc3ccc(F)cc3)s2)c1C. The van der Waals surface area contributed by atoms with Crippen molar-refractivity contribution in [3.63, 3.8) is 0 Å². The van der Waals surface area contributed by atoms with Crippen molar-refractivity contribution in [2.24, 2.45) is 0 Å². The van der Waals surface area contributed by atoms with Crippen LogP contribution < -0.4 is 10.2 Å². The predicted octanol–water partition coefficient (Wildman–Crippen LogP) is 3.96. The number of carbonyl (C=O) groups excluding carboxylic acids is 1. The Hall–Kier alpha value is -2.80. The standard InChI is InChI=1S/C20H21FN4OS/c1-13-5-4-6-17(14(13)2)22-18(26)12-25(3)20-24-23-19(27-20)11-15-7-9-16(21)10-8-15/h4-10H,11-12H2,1-3H3,(H,22,26). The number of amides is 1. The molecule has 2 aromatic carbocycles. The van der Waals surface area contributed by atoms with Crippen molar-refractivity contribution in [3.8, 4) is 0 Å². The summed E-state index contributed by atoms with van der Waals surface area (Å²) in [6.45, 7) is 4.18. The molecule has 1 N–H and O–H groups in total. The maximum absolute atomic E-state index is 13.0. The summed E-state index contributed by atoms with van der Waals surface area (Å²) in [5.74, 6) is -0.368. The Morgan fingerprint density at radius 2 is 1.89 bits per heavy atom. The minimum Gasteiger partial charge on any atom is -0.340 e. The van der Waals surface area contributed by atoms with Gasteiger partial charge in [0.05, 0.1) is 6.54 Å². The molecule has 5 nitrogen and oxygen atoms in total. The van der Waals surface area contributed by atoms with E-state index >= 15 is 0 Å². The van der Waals surface area contributed by atoms with E-state index in [9.17, 15) is 9.18 Å². The summed E-state index contributed by atoms with van der Waals surface area (Å²) in [5.41, 5.74) is 3.98. The van der Waals surface area contributed by atoms with Crippen molar-refractivity contribution < 1.29 is 9.18 Å². The molecule has 140 valence electrons. The van der Waals surface area contributed by atoms with Crippen LogP contribution in [0.3, 0.4) is 0 Å². The number of anilines is 2. The van der Waals surface area contributed by atoms with Gasteiger partial charge in [-0.2, -0.15) is 0 Å². The number of aromatic nitrogens is 2. The Morgan fingerprint density at radius 3 is 2.63 bits per heavy atom. The molecule has 0 aliphatic rings. The summed E-state index contributed by atoms with van der Waals surface area (Å²) in [6, 6.07) is 12.2. The number of rotatable bonds is 6. The molecule has 1 heterocycles. The molecule has 0 aliphatic heterocycles. The van der Waals surface area contributed by atoms with Gasteiger partial charge in [0.15, 0.2) is 0 Å². The second kappa shape index (κ2) is 8.26. The second-order valence-corrected chi connectivity index (χ2v) is 7.47. The van der Waals surface area contributed by atoms with Gasteiger partial charge in [-0.05, 0) is 48.7 Å². The van der Waals surface area contributed by atoms with Crippen LogP contribution in [0, 0.1) is 19.7 Å². The summed E-state index contributed by atoms with van der Waals surface area (Å²) in [4.78, 5) is 14.1. The fourth-order valence-electron chi connectivity index (χ4n) is 2.61. The summed E-state index contributed by atoms with van der Waals surface area (Å²) in [6.07, 6.45) is 0.584. The molecule has 0 atom stereocenters. The third kappa shape index (κ3) is 4.89. The lowest BCUT2D eigenvalue weighted by molar-refractivity contribution is -0.114. The largest absolute Gasteiger partial charge is 0.340 e. The van der Waals surface area contributed by atoms with E-state index in [2.05, 4.69) is 15.5 Å². The first kappa shape index (κ1) is 19.0. The summed E-state index contributed by atoms with van der Waals surface area (Å²) < 4.78 is 13.0. The molecule has 0 unspecified atom stereocenters. The molecule has 0 bridgehead atoms. The number of carbonyl (C=O) groups is 1. The van der Waals surface area contributed by atoms with E-state index in [4.69, 9.17) is 0 Å². The molecule has 0 spiro atoms. The lowest BCUT2D eigenvalue weighted by atomic mass is 10.1. The number of hydrogen-bond acceptors (Lipinski definition) is 5. The van der Waals surface area contributed by atoms with Crippen LogP contribution in [0.2, 0.25) is 0 Å². The highest BCUT2D eigenvalue weighted by Crippen LogP contribution is 2.22. The lowest BCUT2D eigenvalue weighted by Crippen LogP contribution is -2.30. The molecule has 7 heteroatoms. The first-order valence-corrected chi connectivity index (χ1v) is 9.38. The Kier molecular flexibility index (Phi) is 5.81. The number of nitrogens with zero attached hydrogens (tertiary/aromatic N) is 3. The van der Waals surface area contributed by atoms with Gasteiger partial charge in [-0.3, -0.25) is 4.79 Å². The molecule has 3 aromatic rings. The first-order chi connectivity index (χ1) is 12.9. The van der Waals surface area contributed by atoms with Crippen molar-refractivity contribution in [1.82, 2.24) is 10.2 Å². The van der Waals surface area contributed by atoms with Crippen molar-refractivity contribution in [2.45, 2.75) is 20.3 Å². The Labute approximate surface area is 161 Å². The van der Waals surface area contributed by atoms with Crippen LogP contribution in [0.15, 0.2) is 42.5 Å². The van der Waals surface area contributed by atoms with Crippen molar-refractivity contribution in [3.05, 3.63) is 70.0 Å². The van der Waals surface area contributed by atoms with Gasteiger partial charge in [-0.1, -0.05) is 35.6 Å². The summed E-state index contributed by atoms with van der Waals surface area (Å²) in [7, 11) is 1.81. The van der Waals surface area contributed by atoms with Crippen LogP contribution in [0.25, 0.3) is 0 Å². The van der Waals surface area contributed by atoms with Crippen molar-refractivity contribution >= 4 is 28.1 Å². The summed E-state index contributed by atoms with van der Waals surface area (Å²) >= 11 is 1.42. The average molecular weight is 384 g/mol. The van der Waals surface area contributed by atoms with Gasteiger partial charge < -0.3 is 10.2 Å². The van der Waals surface area contributed by atoms with E-state index in [1.54, 1.807) is 17.0 Å². The molecule has 0 aliphatic carbocycles. The van der Waals surface area contributed by atoms with Crippen molar-refractivity contribution in [2.75, 3.05) is 23.8 Å². The zero-order valence-electron chi connectivity index (χ0n) is 15.5. The highest BCUT2D eigenvalue weighted by atomic mass is 32.1. The van der Waals surface area contributed by atoms with Gasteiger partial charge >= 0.3 is 0 Å². The smallest absolute Gasteiger partial charge is 0.243 e. The number of likely N-dealkylation sites (N-methyl/N-ethyl adjacent to an activating group) is 1. The third-order valence-corrected chi connectivity index (χ3v) is 5.35. The second-order valence-electron chi connectivity index (χ2n) is 6.43. The zero-order chi connectivity index (χ0) is 19.4. The quantitative estimate of drug-likeness (QED) is 0.699. The maximum Gasteiger partial charge on any atom is 0.243 e. The highest BCUT2D eigenvalue weighted by Gasteiger charge is 2.14. The van der Waals surface area contributed by atoms with Gasteiger partial charge in [0, 0.05) is 19.2 Å². The number of benzene rings is 2. The van der Waals surface area contributed by atoms with Gasteiger partial charge in [-0.25, -0.2) is 4.39 Å². The number of nitrogens with one attached hydrogen (secondary N) is 1. The fourth-order valence-corrected chi connectivity index (χ4v) is 3.44. The van der Waals surface area contributed by atoms with E-state index in [-0.39, 0.29) is 18.3 Å². The van der Waals surface area contributed by atoms with Crippen LogP contribution in [-0.2, 0) is 11.2 Å². The molecule has 1 amide bonds. The molecule has 27 heavy (non-hydrogen) atoms. The van der Waals surface area contributed by atoms with Crippen LogP contribution >= 0.6 is 11.3 Å². The van der Waals surface area contributed by atoms with Crippen LogP contribution in [0.1, 0.15) is 21.7 Å². The normalized spacial score (nSPS) is 10.7. The Balaban J connectivity index is 1.60. The molecule has 0 radical (unpaired) electrons. The highest BCUT2D eigenvalue weighted by molar-refractivity contribution is 7.15. The zero-order valence-corrected chi connectivity index (χ0v) is 16.3. The predicted molar refractivity (Wildman–Crippen MR) is 107 cm³/mol. The van der Waals surface area contributed by atoms with E-state index in [1.165, 1.54) is 23.5 Å². The van der Waals surface area contributed by atoms with Crippen LogP contribution in [0.4, 0.5) is 15.2 Å². The van der Waals surface area contributed by atoms with Crippen LogP contribution in [-0.4, -0.2) is 29.7 Å². The van der Waals surface area contributed by atoms with Gasteiger partial charge in [0.25, 0.3) is 0 Å². The van der Waals surface area contributed by atoms with E-state index in [0.29, 0.717) is 11.6 Å². The van der Waals surface area contributed by atoms with Gasteiger partial charge in [0.1, 0.15) is 10.8 Å². The van der Waals surface area contributed by atoms with E-state index < -0.39 is 0 Å². The fraction of sp³-hybridized carbons (Fsp3) is 0.250. The van der Waals surface area contributed by atoms with E-state index in [0.717, 1.165) is 27.4 Å². The minimum absolute atomic E-state index is 0.110. The first-order valence-electron chi connectivity index (χ1n) is 8.56. The minimum atomic E-state index is -0.258. The monoisotopic (exact) mass is 384 g/mol. The third-order valence-electron chi connectivity index (χ3n) is 4.31. The van der Waals surface area contributed by atoms with Crippen molar-refractivity contribution in [1.29, 1.82) is 0 Å². The molecule has 3 rings (SSSR count). The summed E-state index contributed by atoms with van der Waals surface area (Å²) in [5, 5.41) is 12.8. The van der Waals surface area contributed by atoms with Gasteiger partial charge in [0.2, 0.25) is 11.0 Å². The lowest BCUT2D eigenvalue weighted by Gasteiger charge is -2.16. The molecule has 0 fully saturated rings. The van der Waals surface area contributed by atoms with Crippen LogP contribution in [0.5, 0.6) is 0 Å². The molecule has 0 saturated heterocycles. The van der Waals surface area contributed by atoms with E-state index in [1.807, 2.05) is 39.1 Å². The maximum atomic E-state index is 13.0. The number of halogens is 1.